The zero-order chi connectivity index (χ0) is 20.5. The Morgan fingerprint density at radius 3 is 2.63 bits per heavy atom. The minimum atomic E-state index is 0. The van der Waals surface area contributed by atoms with Gasteiger partial charge in [0.15, 0.2) is 5.96 Å². The molecule has 1 aliphatic heterocycles. The van der Waals surface area contributed by atoms with E-state index >= 15 is 0 Å². The lowest BCUT2D eigenvalue weighted by Gasteiger charge is -2.23. The van der Waals surface area contributed by atoms with Crippen LogP contribution < -0.4 is 5.32 Å². The average molecular weight is 544 g/mol. The SMILES string of the molecule is CN=C(NCc1cccc(COC2CCOCC2)c1)N(C)Cc1ccccc1Cl.I. The molecular weight excluding hydrogens is 513 g/mol. The first-order valence-corrected chi connectivity index (χ1v) is 10.5. The van der Waals surface area contributed by atoms with E-state index < -0.39 is 0 Å². The number of halogens is 2. The summed E-state index contributed by atoms with van der Waals surface area (Å²) in [7, 11) is 3.81. The van der Waals surface area contributed by atoms with Crippen LogP contribution in [0.15, 0.2) is 53.5 Å². The van der Waals surface area contributed by atoms with Crippen molar-refractivity contribution in [1.29, 1.82) is 0 Å². The van der Waals surface area contributed by atoms with Gasteiger partial charge < -0.3 is 19.7 Å². The van der Waals surface area contributed by atoms with Crippen molar-refractivity contribution in [2.45, 2.75) is 38.6 Å². The summed E-state index contributed by atoms with van der Waals surface area (Å²) >= 11 is 6.29. The smallest absolute Gasteiger partial charge is 0.193 e. The Hall–Kier alpha value is -1.35. The van der Waals surface area contributed by atoms with Gasteiger partial charge in [-0.15, -0.1) is 24.0 Å². The third-order valence-corrected chi connectivity index (χ3v) is 5.40. The molecule has 1 N–H and O–H groups in total. The highest BCUT2D eigenvalue weighted by Gasteiger charge is 2.14. The van der Waals surface area contributed by atoms with Crippen molar-refractivity contribution in [3.05, 3.63) is 70.2 Å². The van der Waals surface area contributed by atoms with E-state index in [1.807, 2.05) is 31.3 Å². The highest BCUT2D eigenvalue weighted by Crippen LogP contribution is 2.17. The lowest BCUT2D eigenvalue weighted by atomic mass is 10.1. The normalized spacial score (nSPS) is 14.8. The minimum Gasteiger partial charge on any atom is -0.381 e. The predicted octanol–water partition coefficient (Wildman–Crippen LogP) is 4.86. The molecule has 3 rings (SSSR count). The fourth-order valence-electron chi connectivity index (χ4n) is 3.41. The van der Waals surface area contributed by atoms with Crippen LogP contribution in [0.4, 0.5) is 0 Å². The van der Waals surface area contributed by atoms with E-state index in [2.05, 4.69) is 39.5 Å². The fraction of sp³-hybridized carbons (Fsp3) is 0.435. The van der Waals surface area contributed by atoms with Gasteiger partial charge >= 0.3 is 0 Å². The molecule has 0 aromatic heterocycles. The standard InChI is InChI=1S/C23H30ClN3O2.HI/c1-25-23(27(2)16-20-8-3-4-9-22(20)24)26-15-18-6-5-7-19(14-18)17-29-21-10-12-28-13-11-21;/h3-9,14,21H,10-13,15-17H2,1-2H3,(H,25,26);1H. The van der Waals surface area contributed by atoms with Crippen LogP contribution in [0.25, 0.3) is 0 Å². The minimum absolute atomic E-state index is 0. The Balaban J connectivity index is 0.00000320. The van der Waals surface area contributed by atoms with Crippen LogP contribution >= 0.6 is 35.6 Å². The number of guanidine groups is 1. The first kappa shape index (κ1) is 24.9. The Morgan fingerprint density at radius 1 is 1.17 bits per heavy atom. The van der Waals surface area contributed by atoms with E-state index in [0.717, 1.165) is 42.6 Å². The van der Waals surface area contributed by atoms with Gasteiger partial charge in [0.2, 0.25) is 0 Å². The molecule has 1 heterocycles. The average Bonchev–Trinajstić information content (AvgIpc) is 2.75. The molecule has 164 valence electrons. The number of rotatable bonds is 7. The summed E-state index contributed by atoms with van der Waals surface area (Å²) in [4.78, 5) is 6.47. The Morgan fingerprint density at radius 2 is 1.90 bits per heavy atom. The van der Waals surface area contributed by atoms with Crippen molar-refractivity contribution in [2.24, 2.45) is 4.99 Å². The first-order valence-electron chi connectivity index (χ1n) is 10.1. The largest absolute Gasteiger partial charge is 0.381 e. The number of aliphatic imine (C=N–C) groups is 1. The first-order chi connectivity index (χ1) is 14.2. The summed E-state index contributed by atoms with van der Waals surface area (Å²) in [5.74, 6) is 0.828. The number of hydrogen-bond acceptors (Lipinski definition) is 3. The second kappa shape index (κ2) is 13.1. The Bertz CT molecular complexity index is 813. The highest BCUT2D eigenvalue weighted by molar-refractivity contribution is 14.0. The van der Waals surface area contributed by atoms with Crippen molar-refractivity contribution in [2.75, 3.05) is 27.3 Å². The van der Waals surface area contributed by atoms with Crippen LogP contribution in [0.5, 0.6) is 0 Å². The Kier molecular flexibility index (Phi) is 10.9. The van der Waals surface area contributed by atoms with E-state index in [9.17, 15) is 0 Å². The molecule has 5 nitrogen and oxygen atoms in total. The summed E-state index contributed by atoms with van der Waals surface area (Å²) in [6.45, 7) is 3.63. The van der Waals surface area contributed by atoms with Gasteiger partial charge in [0.1, 0.15) is 0 Å². The van der Waals surface area contributed by atoms with E-state index in [1.54, 1.807) is 7.05 Å². The maximum atomic E-state index is 6.29. The van der Waals surface area contributed by atoms with Gasteiger partial charge in [-0.25, -0.2) is 0 Å². The zero-order valence-corrected chi connectivity index (χ0v) is 20.7. The van der Waals surface area contributed by atoms with E-state index in [-0.39, 0.29) is 24.0 Å². The number of benzene rings is 2. The predicted molar refractivity (Wildman–Crippen MR) is 134 cm³/mol. The maximum Gasteiger partial charge on any atom is 0.193 e. The van der Waals surface area contributed by atoms with Crippen molar-refractivity contribution < 1.29 is 9.47 Å². The molecule has 0 atom stereocenters. The molecule has 0 amide bonds. The van der Waals surface area contributed by atoms with E-state index in [0.29, 0.717) is 25.8 Å². The molecule has 0 aliphatic carbocycles. The van der Waals surface area contributed by atoms with Gasteiger partial charge in [-0.2, -0.15) is 0 Å². The van der Waals surface area contributed by atoms with Gasteiger partial charge in [0, 0.05) is 45.4 Å². The second-order valence-electron chi connectivity index (χ2n) is 7.29. The molecule has 2 aromatic carbocycles. The Labute approximate surface area is 201 Å². The monoisotopic (exact) mass is 543 g/mol. The van der Waals surface area contributed by atoms with Gasteiger partial charge in [0.25, 0.3) is 0 Å². The maximum absolute atomic E-state index is 6.29. The molecule has 30 heavy (non-hydrogen) atoms. The summed E-state index contributed by atoms with van der Waals surface area (Å²) < 4.78 is 11.4. The molecule has 0 bridgehead atoms. The van der Waals surface area contributed by atoms with Crippen LogP contribution in [0.3, 0.4) is 0 Å². The molecule has 0 radical (unpaired) electrons. The molecular formula is C23H31ClIN3O2. The fourth-order valence-corrected chi connectivity index (χ4v) is 3.60. The molecule has 7 heteroatoms. The zero-order valence-electron chi connectivity index (χ0n) is 17.6. The van der Waals surface area contributed by atoms with Crippen LogP contribution in [0.1, 0.15) is 29.5 Å². The second-order valence-corrected chi connectivity index (χ2v) is 7.70. The summed E-state index contributed by atoms with van der Waals surface area (Å²) in [6.07, 6.45) is 2.27. The number of nitrogens with one attached hydrogen (secondary N) is 1. The third kappa shape index (κ3) is 7.72. The van der Waals surface area contributed by atoms with Gasteiger partial charge in [-0.3, -0.25) is 4.99 Å². The molecule has 1 aliphatic rings. The molecule has 0 saturated carbocycles. The topological polar surface area (TPSA) is 46.1 Å². The highest BCUT2D eigenvalue weighted by atomic mass is 127. The summed E-state index contributed by atoms with van der Waals surface area (Å²) in [6, 6.07) is 16.4. The van der Waals surface area contributed by atoms with Gasteiger partial charge in [-0.05, 0) is 35.6 Å². The van der Waals surface area contributed by atoms with Crippen LogP contribution in [-0.2, 0) is 29.2 Å². The van der Waals surface area contributed by atoms with Crippen molar-refractivity contribution in [1.82, 2.24) is 10.2 Å². The number of ether oxygens (including phenoxy) is 2. The molecule has 1 fully saturated rings. The number of hydrogen-bond donors (Lipinski definition) is 1. The molecule has 0 unspecified atom stereocenters. The van der Waals surface area contributed by atoms with Gasteiger partial charge in [0.05, 0.1) is 12.7 Å². The van der Waals surface area contributed by atoms with Crippen molar-refractivity contribution in [3.8, 4) is 0 Å². The molecule has 0 spiro atoms. The summed E-state index contributed by atoms with van der Waals surface area (Å²) in [5.41, 5.74) is 3.47. The van der Waals surface area contributed by atoms with Crippen LogP contribution in [0.2, 0.25) is 5.02 Å². The van der Waals surface area contributed by atoms with E-state index in [1.165, 1.54) is 11.1 Å². The third-order valence-electron chi connectivity index (χ3n) is 5.03. The molecule has 2 aromatic rings. The van der Waals surface area contributed by atoms with Crippen LogP contribution in [0, 0.1) is 0 Å². The van der Waals surface area contributed by atoms with E-state index in [4.69, 9.17) is 21.1 Å². The number of nitrogens with zero attached hydrogens (tertiary/aromatic N) is 2. The lowest BCUT2D eigenvalue weighted by Crippen LogP contribution is -2.38. The van der Waals surface area contributed by atoms with Crippen molar-refractivity contribution >= 4 is 41.5 Å². The summed E-state index contributed by atoms with van der Waals surface area (Å²) in [5, 5.41) is 4.20. The lowest BCUT2D eigenvalue weighted by molar-refractivity contribution is -0.0390. The molecule has 1 saturated heterocycles. The quantitative estimate of drug-likeness (QED) is 0.308. The van der Waals surface area contributed by atoms with Crippen molar-refractivity contribution in [3.63, 3.8) is 0 Å². The van der Waals surface area contributed by atoms with Gasteiger partial charge in [-0.1, -0.05) is 54.1 Å². The van der Waals surface area contributed by atoms with Crippen LogP contribution in [-0.4, -0.2) is 44.3 Å².